The average molecular weight is 142 g/mol. The van der Waals surface area contributed by atoms with Gasteiger partial charge in [0.1, 0.15) is 5.78 Å². The van der Waals surface area contributed by atoms with E-state index >= 15 is 0 Å². The fraction of sp³-hybridized carbons (Fsp3) is 0.833. The van der Waals surface area contributed by atoms with E-state index in [1.807, 2.05) is 20.8 Å². The summed E-state index contributed by atoms with van der Waals surface area (Å²) in [6.07, 6.45) is 0. The Kier molecular flexibility index (Phi) is 5.64. The summed E-state index contributed by atoms with van der Waals surface area (Å²) in [6, 6.07) is 0. The molecule has 0 saturated heterocycles. The molecule has 0 aromatic heterocycles. The van der Waals surface area contributed by atoms with Crippen molar-refractivity contribution in [1.82, 2.24) is 0 Å². The Bertz CT molecular complexity index is 88.2. The first-order valence-corrected chi connectivity index (χ1v) is 2.45. The summed E-state index contributed by atoms with van der Waals surface area (Å²) in [5.74, 6) is 0.243. The van der Waals surface area contributed by atoms with E-state index in [1.165, 1.54) is 0 Å². The van der Waals surface area contributed by atoms with Gasteiger partial charge in [-0.3, -0.25) is 4.79 Å². The second kappa shape index (κ2) is 3.86. The molecule has 0 atom stereocenters. The maximum absolute atomic E-state index is 10.5. The summed E-state index contributed by atoms with van der Waals surface area (Å²) in [6.45, 7) is 7.35. The summed E-state index contributed by atoms with van der Waals surface area (Å²) < 4.78 is 0. The van der Waals surface area contributed by atoms with E-state index in [4.69, 9.17) is 0 Å². The number of rotatable bonds is 0. The first-order chi connectivity index (χ1) is 2.94. The van der Waals surface area contributed by atoms with E-state index < -0.39 is 0 Å². The Hall–Kier alpha value is 0.930. The maximum atomic E-state index is 10.5. The topological polar surface area (TPSA) is 17.1 Å². The van der Waals surface area contributed by atoms with Crippen LogP contribution in [0.2, 0.25) is 0 Å². The predicted molar refractivity (Wildman–Crippen MR) is 38.1 cm³/mol. The third-order valence-corrected chi connectivity index (χ3v) is 1.06. The molecule has 0 aromatic carbocycles. The van der Waals surface area contributed by atoms with Gasteiger partial charge in [-0.15, -0.1) is 0 Å². The molecule has 0 saturated carbocycles. The molecule has 0 heterocycles. The molecular weight excluding hydrogens is 128 g/mol. The van der Waals surface area contributed by atoms with E-state index in [0.29, 0.717) is 0 Å². The smallest absolute Gasteiger partial charge is 1.00 e. The van der Waals surface area contributed by atoms with Crippen molar-refractivity contribution < 1.29 is 7.65 Å². The van der Waals surface area contributed by atoms with Crippen LogP contribution in [0.1, 0.15) is 30.5 Å². The van der Waals surface area contributed by atoms with Crippen LogP contribution in [-0.4, -0.2) is 43.5 Å². The van der Waals surface area contributed by atoms with Crippen molar-refractivity contribution in [3.63, 3.8) is 0 Å². The van der Waals surface area contributed by atoms with Crippen LogP contribution >= 0.6 is 0 Å². The Morgan fingerprint density at radius 1 is 1.38 bits per heavy atom. The zero-order valence-electron chi connectivity index (χ0n) is 8.12. The third-order valence-electron chi connectivity index (χ3n) is 1.06. The summed E-state index contributed by atoms with van der Waals surface area (Å²) in [7, 11) is 0. The maximum Gasteiger partial charge on any atom is 2.00 e. The van der Waals surface area contributed by atoms with E-state index in [-0.39, 0.29) is 51.8 Å². The Labute approximate surface area is 83.8 Å². The van der Waals surface area contributed by atoms with E-state index in [2.05, 4.69) is 0 Å². The summed E-state index contributed by atoms with van der Waals surface area (Å²) in [5, 5.41) is 0. The van der Waals surface area contributed by atoms with Crippen LogP contribution in [0.4, 0.5) is 0 Å². The van der Waals surface area contributed by atoms with E-state index in [1.54, 1.807) is 6.92 Å². The number of carbonyl (C=O) groups excluding carboxylic acids is 1. The van der Waals surface area contributed by atoms with Gasteiger partial charge < -0.3 is 2.85 Å². The summed E-state index contributed by atoms with van der Waals surface area (Å²) >= 11 is 0. The number of hydrogen-bond acceptors (Lipinski definition) is 1. The van der Waals surface area contributed by atoms with Crippen LogP contribution < -0.4 is 0 Å². The molecule has 2 heteroatoms. The molecule has 0 N–H and O–H groups in total. The largest absolute Gasteiger partial charge is 2.00 e. The van der Waals surface area contributed by atoms with Crippen molar-refractivity contribution in [3.8, 4) is 0 Å². The minimum atomic E-state index is -0.139. The fourth-order valence-electron chi connectivity index (χ4n) is 0. The van der Waals surface area contributed by atoms with Crippen LogP contribution in [0, 0.1) is 5.41 Å². The molecule has 1 nitrogen and oxygen atoms in total. The fourth-order valence-corrected chi connectivity index (χ4v) is 0. The standard InChI is InChI=1S/C6H12O.Ca.2H/c1-5(7)6(2,3)4;;;/h1-4H3;;;/q;+2;2*-1. The van der Waals surface area contributed by atoms with Gasteiger partial charge in [0.05, 0.1) is 0 Å². The molecule has 0 radical (unpaired) electrons. The quantitative estimate of drug-likeness (QED) is 0.468. The summed E-state index contributed by atoms with van der Waals surface area (Å²) in [4.78, 5) is 10.5. The monoisotopic (exact) mass is 142 g/mol. The van der Waals surface area contributed by atoms with Crippen LogP contribution in [0.5, 0.6) is 0 Å². The minimum Gasteiger partial charge on any atom is -1.00 e. The third kappa shape index (κ3) is 5.07. The average Bonchev–Trinajstić information content (AvgIpc) is 1.31. The molecule has 0 bridgehead atoms. The molecule has 0 unspecified atom stereocenters. The van der Waals surface area contributed by atoms with Crippen molar-refractivity contribution >= 4 is 43.5 Å². The predicted octanol–water partition coefficient (Wildman–Crippen LogP) is 1.47. The van der Waals surface area contributed by atoms with Crippen molar-refractivity contribution in [2.24, 2.45) is 5.41 Å². The van der Waals surface area contributed by atoms with Crippen LogP contribution in [0.15, 0.2) is 0 Å². The molecule has 0 fully saturated rings. The minimum absolute atomic E-state index is 0. The number of carbonyl (C=O) groups is 1. The van der Waals surface area contributed by atoms with Gasteiger partial charge >= 0.3 is 37.7 Å². The molecular formula is C6H14CaO. The Morgan fingerprint density at radius 2 is 1.50 bits per heavy atom. The van der Waals surface area contributed by atoms with Gasteiger partial charge in [0.15, 0.2) is 0 Å². The molecule has 0 amide bonds. The zero-order valence-corrected chi connectivity index (χ0v) is 8.32. The first kappa shape index (κ1) is 11.7. The second-order valence-electron chi connectivity index (χ2n) is 2.81. The van der Waals surface area contributed by atoms with Crippen molar-refractivity contribution in [3.05, 3.63) is 0 Å². The van der Waals surface area contributed by atoms with Gasteiger partial charge in [0.2, 0.25) is 0 Å². The summed E-state index contributed by atoms with van der Waals surface area (Å²) in [5.41, 5.74) is -0.139. The molecule has 0 aliphatic carbocycles. The molecule has 0 aromatic rings. The van der Waals surface area contributed by atoms with Crippen molar-refractivity contribution in [1.29, 1.82) is 0 Å². The Balaban J connectivity index is -0.0000000600. The molecule has 0 aliphatic heterocycles. The van der Waals surface area contributed by atoms with Crippen LogP contribution in [0.25, 0.3) is 0 Å². The number of Topliss-reactive ketones (excluding diaryl/α,β-unsaturated/α-hetero) is 1. The van der Waals surface area contributed by atoms with Crippen molar-refractivity contribution in [2.45, 2.75) is 27.7 Å². The molecule has 0 aliphatic rings. The van der Waals surface area contributed by atoms with Crippen LogP contribution in [-0.2, 0) is 4.79 Å². The molecule has 0 rings (SSSR count). The van der Waals surface area contributed by atoms with Gasteiger partial charge in [-0.1, -0.05) is 20.8 Å². The molecule has 8 heavy (non-hydrogen) atoms. The first-order valence-electron chi connectivity index (χ1n) is 2.45. The Morgan fingerprint density at radius 3 is 1.50 bits per heavy atom. The van der Waals surface area contributed by atoms with Crippen molar-refractivity contribution in [2.75, 3.05) is 0 Å². The molecule has 0 spiro atoms. The van der Waals surface area contributed by atoms with Crippen LogP contribution in [0.3, 0.4) is 0 Å². The van der Waals surface area contributed by atoms with E-state index in [0.717, 1.165) is 0 Å². The SMILES string of the molecule is CC(=O)C(C)(C)C.[Ca+2].[H-].[H-]. The molecule has 46 valence electrons. The zero-order chi connectivity index (χ0) is 6.08. The van der Waals surface area contributed by atoms with Gasteiger partial charge in [0.25, 0.3) is 0 Å². The number of hydrogen-bond donors (Lipinski definition) is 0. The van der Waals surface area contributed by atoms with Gasteiger partial charge in [-0.25, -0.2) is 0 Å². The van der Waals surface area contributed by atoms with Gasteiger partial charge in [0, 0.05) is 5.41 Å². The number of ketones is 1. The van der Waals surface area contributed by atoms with Gasteiger partial charge in [-0.2, -0.15) is 0 Å². The normalized spacial score (nSPS) is 10.0. The van der Waals surface area contributed by atoms with E-state index in [9.17, 15) is 4.79 Å². The second-order valence-corrected chi connectivity index (χ2v) is 2.81. The van der Waals surface area contributed by atoms with Gasteiger partial charge in [-0.05, 0) is 6.92 Å².